The minimum atomic E-state index is -0.514. The van der Waals surface area contributed by atoms with Gasteiger partial charge in [0.15, 0.2) is 6.20 Å². The second kappa shape index (κ2) is 4.55. The van der Waals surface area contributed by atoms with Crippen molar-refractivity contribution in [2.75, 3.05) is 0 Å². The molecule has 5 heteroatoms. The number of hydrogen-bond acceptors (Lipinski definition) is 3. The molecule has 86 valence electrons. The standard InChI is InChI=1S/C12H8BrNO3/c13-8-4-5-11(15)9(7-8)12(16)10-3-1-2-6-14(10)17/h1-7,15H. The average Bonchev–Trinajstić information content (AvgIpc) is 2.32. The van der Waals surface area contributed by atoms with Crippen molar-refractivity contribution in [1.82, 2.24) is 0 Å². The van der Waals surface area contributed by atoms with Crippen LogP contribution in [-0.4, -0.2) is 10.9 Å². The predicted molar refractivity (Wildman–Crippen MR) is 64.6 cm³/mol. The summed E-state index contributed by atoms with van der Waals surface area (Å²) >= 11 is 3.21. The number of aromatic nitrogens is 1. The van der Waals surface area contributed by atoms with Crippen molar-refractivity contribution in [1.29, 1.82) is 0 Å². The van der Waals surface area contributed by atoms with Crippen molar-refractivity contribution in [2.45, 2.75) is 0 Å². The highest BCUT2D eigenvalue weighted by Crippen LogP contribution is 2.23. The summed E-state index contributed by atoms with van der Waals surface area (Å²) in [6.07, 6.45) is 1.24. The van der Waals surface area contributed by atoms with E-state index in [0.717, 1.165) is 0 Å². The van der Waals surface area contributed by atoms with Gasteiger partial charge in [0.25, 0.3) is 11.5 Å². The molecule has 0 amide bonds. The van der Waals surface area contributed by atoms with E-state index in [2.05, 4.69) is 15.9 Å². The van der Waals surface area contributed by atoms with Gasteiger partial charge in [0.1, 0.15) is 5.75 Å². The van der Waals surface area contributed by atoms with Crippen LogP contribution in [0.5, 0.6) is 5.75 Å². The lowest BCUT2D eigenvalue weighted by Gasteiger charge is -2.05. The van der Waals surface area contributed by atoms with Gasteiger partial charge in [-0.3, -0.25) is 4.79 Å². The minimum absolute atomic E-state index is 0.0269. The van der Waals surface area contributed by atoms with Crippen LogP contribution in [0.3, 0.4) is 0 Å². The number of carbonyl (C=O) groups excluding carboxylic acids is 1. The maximum absolute atomic E-state index is 12.0. The zero-order chi connectivity index (χ0) is 12.4. The van der Waals surface area contributed by atoms with Gasteiger partial charge < -0.3 is 10.3 Å². The molecule has 2 aromatic rings. The van der Waals surface area contributed by atoms with E-state index in [4.69, 9.17) is 0 Å². The van der Waals surface area contributed by atoms with Crippen molar-refractivity contribution in [3.05, 3.63) is 63.5 Å². The quantitative estimate of drug-likeness (QED) is 0.523. The summed E-state index contributed by atoms with van der Waals surface area (Å²) in [5.74, 6) is -0.665. The lowest BCUT2D eigenvalue weighted by Crippen LogP contribution is -2.34. The van der Waals surface area contributed by atoms with Crippen LogP contribution in [0, 0.1) is 5.21 Å². The van der Waals surface area contributed by atoms with Crippen LogP contribution in [0.25, 0.3) is 0 Å². The van der Waals surface area contributed by atoms with Gasteiger partial charge in [-0.15, -0.1) is 0 Å². The number of carbonyl (C=O) groups is 1. The van der Waals surface area contributed by atoms with Crippen LogP contribution < -0.4 is 4.73 Å². The Hall–Kier alpha value is -1.88. The molecular formula is C12H8BrNO3. The molecule has 2 rings (SSSR count). The van der Waals surface area contributed by atoms with Gasteiger partial charge in [0, 0.05) is 16.6 Å². The van der Waals surface area contributed by atoms with Crippen LogP contribution in [0.4, 0.5) is 0 Å². The first-order valence-electron chi connectivity index (χ1n) is 4.81. The molecule has 4 nitrogen and oxygen atoms in total. The lowest BCUT2D eigenvalue weighted by atomic mass is 10.1. The number of nitrogens with zero attached hydrogens (tertiary/aromatic N) is 1. The van der Waals surface area contributed by atoms with Crippen molar-refractivity contribution >= 4 is 21.7 Å². The molecule has 0 saturated heterocycles. The molecule has 1 heterocycles. The third kappa shape index (κ3) is 2.29. The van der Waals surface area contributed by atoms with Crippen molar-refractivity contribution in [3.63, 3.8) is 0 Å². The molecule has 0 unspecified atom stereocenters. The number of phenols is 1. The van der Waals surface area contributed by atoms with E-state index in [1.165, 1.54) is 30.5 Å². The molecule has 0 spiro atoms. The summed E-state index contributed by atoms with van der Waals surface area (Å²) < 4.78 is 1.13. The van der Waals surface area contributed by atoms with E-state index < -0.39 is 5.78 Å². The summed E-state index contributed by atoms with van der Waals surface area (Å²) in [5.41, 5.74) is 0.0658. The first-order valence-corrected chi connectivity index (χ1v) is 5.60. The number of halogens is 1. The molecule has 17 heavy (non-hydrogen) atoms. The van der Waals surface area contributed by atoms with Gasteiger partial charge >= 0.3 is 0 Å². The first kappa shape index (κ1) is 11.6. The molecule has 1 aromatic heterocycles. The Labute approximate surface area is 106 Å². The van der Waals surface area contributed by atoms with Crippen LogP contribution in [-0.2, 0) is 0 Å². The molecule has 0 atom stereocenters. The Bertz CT molecular complexity index is 584. The fourth-order valence-corrected chi connectivity index (χ4v) is 1.79. The molecular weight excluding hydrogens is 286 g/mol. The third-order valence-corrected chi connectivity index (χ3v) is 2.75. The van der Waals surface area contributed by atoms with Gasteiger partial charge in [0.2, 0.25) is 0 Å². The predicted octanol–water partition coefficient (Wildman–Crippen LogP) is 2.02. The largest absolute Gasteiger partial charge is 0.618 e. The van der Waals surface area contributed by atoms with E-state index in [1.54, 1.807) is 12.1 Å². The smallest absolute Gasteiger partial charge is 0.265 e. The second-order valence-electron chi connectivity index (χ2n) is 3.40. The van der Waals surface area contributed by atoms with Crippen LogP contribution in [0.2, 0.25) is 0 Å². The average molecular weight is 294 g/mol. The number of ketones is 1. The highest BCUT2D eigenvalue weighted by Gasteiger charge is 2.20. The number of hydrogen-bond donors (Lipinski definition) is 1. The van der Waals surface area contributed by atoms with Gasteiger partial charge in [-0.2, -0.15) is 4.73 Å². The van der Waals surface area contributed by atoms with E-state index in [1.807, 2.05) is 0 Å². The Morgan fingerprint density at radius 1 is 1.29 bits per heavy atom. The summed E-state index contributed by atoms with van der Waals surface area (Å²) in [5, 5.41) is 21.0. The van der Waals surface area contributed by atoms with E-state index in [0.29, 0.717) is 9.20 Å². The Balaban J connectivity index is 2.51. The normalized spacial score (nSPS) is 10.2. The van der Waals surface area contributed by atoms with Crippen molar-refractivity contribution < 1.29 is 14.6 Å². The SMILES string of the molecule is O=C(c1cc(Br)ccc1O)c1cccc[n+]1[O-]. The maximum atomic E-state index is 12.0. The third-order valence-electron chi connectivity index (χ3n) is 2.26. The van der Waals surface area contributed by atoms with Crippen LogP contribution in [0.1, 0.15) is 16.1 Å². The Morgan fingerprint density at radius 3 is 2.76 bits per heavy atom. The maximum Gasteiger partial charge on any atom is 0.265 e. The molecule has 0 bridgehead atoms. The molecule has 0 aliphatic rings. The van der Waals surface area contributed by atoms with Crippen molar-refractivity contribution in [3.8, 4) is 5.75 Å². The number of pyridine rings is 1. The molecule has 0 radical (unpaired) electrons. The zero-order valence-electron chi connectivity index (χ0n) is 8.63. The highest BCUT2D eigenvalue weighted by molar-refractivity contribution is 9.10. The van der Waals surface area contributed by atoms with Crippen LogP contribution in [0.15, 0.2) is 47.1 Å². The minimum Gasteiger partial charge on any atom is -0.618 e. The van der Waals surface area contributed by atoms with Crippen LogP contribution >= 0.6 is 15.9 Å². The van der Waals surface area contributed by atoms with Gasteiger partial charge in [-0.05, 0) is 24.3 Å². The molecule has 0 fully saturated rings. The number of rotatable bonds is 2. The van der Waals surface area contributed by atoms with E-state index >= 15 is 0 Å². The summed E-state index contributed by atoms with van der Waals surface area (Å²) in [7, 11) is 0. The summed E-state index contributed by atoms with van der Waals surface area (Å²) in [6.45, 7) is 0. The zero-order valence-corrected chi connectivity index (χ0v) is 10.2. The Kier molecular flexibility index (Phi) is 3.10. The molecule has 1 aromatic carbocycles. The summed E-state index contributed by atoms with van der Waals surface area (Å²) in [4.78, 5) is 12.0. The molecule has 0 aliphatic carbocycles. The number of phenolic OH excluding ortho intramolecular Hbond substituents is 1. The molecule has 1 N–H and O–H groups in total. The first-order chi connectivity index (χ1) is 8.09. The molecule has 0 aliphatic heterocycles. The van der Waals surface area contributed by atoms with E-state index in [9.17, 15) is 15.1 Å². The second-order valence-corrected chi connectivity index (χ2v) is 4.32. The topological polar surface area (TPSA) is 64.2 Å². The lowest BCUT2D eigenvalue weighted by molar-refractivity contribution is -0.607. The van der Waals surface area contributed by atoms with Gasteiger partial charge in [-0.1, -0.05) is 15.9 Å². The monoisotopic (exact) mass is 293 g/mol. The fraction of sp³-hybridized carbons (Fsp3) is 0. The number of aromatic hydroxyl groups is 1. The summed E-state index contributed by atoms with van der Waals surface area (Å²) in [6, 6.07) is 9.03. The highest BCUT2D eigenvalue weighted by atomic mass is 79.9. The Morgan fingerprint density at radius 2 is 2.06 bits per heavy atom. The fourth-order valence-electron chi connectivity index (χ4n) is 1.43. The molecule has 0 saturated carbocycles. The van der Waals surface area contributed by atoms with Gasteiger partial charge in [-0.25, -0.2) is 0 Å². The van der Waals surface area contributed by atoms with E-state index in [-0.39, 0.29) is 17.0 Å². The van der Waals surface area contributed by atoms with Gasteiger partial charge in [0.05, 0.1) is 5.56 Å². The number of benzene rings is 1. The van der Waals surface area contributed by atoms with Crippen molar-refractivity contribution in [2.24, 2.45) is 0 Å².